The maximum Gasteiger partial charge on any atom is 0.274 e. The molecule has 8 nitrogen and oxygen atoms in total. The highest BCUT2D eigenvalue weighted by Crippen LogP contribution is 2.16. The van der Waals surface area contributed by atoms with E-state index in [-0.39, 0.29) is 11.6 Å². The molecule has 1 aromatic heterocycles. The molecular formula is C15H17N5O3. The number of nitrogens with one attached hydrogen (secondary N) is 1. The normalized spacial score (nSPS) is 15.2. The first kappa shape index (κ1) is 15.2. The first-order chi connectivity index (χ1) is 11.1. The molecule has 8 heteroatoms. The molecule has 0 bridgehead atoms. The van der Waals surface area contributed by atoms with Crippen LogP contribution < -0.4 is 5.32 Å². The summed E-state index contributed by atoms with van der Waals surface area (Å²) in [7, 11) is 0. The Hall–Kier alpha value is -2.74. The van der Waals surface area contributed by atoms with Crippen molar-refractivity contribution in [2.75, 3.05) is 26.2 Å². The van der Waals surface area contributed by atoms with Gasteiger partial charge in [-0.3, -0.25) is 14.9 Å². The minimum Gasteiger partial charge on any atom is -0.336 e. The van der Waals surface area contributed by atoms with Crippen LogP contribution in [-0.2, 0) is 0 Å². The molecule has 120 valence electrons. The number of hydrogen-bond acceptors (Lipinski definition) is 5. The summed E-state index contributed by atoms with van der Waals surface area (Å²) in [5, 5.41) is 18.4. The van der Waals surface area contributed by atoms with Crippen LogP contribution in [0.15, 0.2) is 36.5 Å². The molecule has 3 rings (SSSR count). The lowest BCUT2D eigenvalue weighted by atomic mass is 10.3. The standard InChI is InChI=1S/C15H17N5O3/c21-15(18-8-2-6-16-7-10-18)14-5-9-19(17-14)12-3-1-4-13(11-12)20(22)23/h1,3-5,9,11,16H,2,6-8,10H2. The Balaban J connectivity index is 1.81. The summed E-state index contributed by atoms with van der Waals surface area (Å²) in [6.07, 6.45) is 2.56. The van der Waals surface area contributed by atoms with E-state index in [9.17, 15) is 14.9 Å². The first-order valence-electron chi connectivity index (χ1n) is 7.45. The van der Waals surface area contributed by atoms with Crippen LogP contribution in [0.4, 0.5) is 5.69 Å². The first-order valence-corrected chi connectivity index (χ1v) is 7.45. The number of rotatable bonds is 3. The molecule has 1 aliphatic rings. The molecule has 2 heterocycles. The molecule has 23 heavy (non-hydrogen) atoms. The number of benzene rings is 1. The second kappa shape index (κ2) is 6.57. The Morgan fingerprint density at radius 2 is 2.13 bits per heavy atom. The molecule has 0 spiro atoms. The van der Waals surface area contributed by atoms with Gasteiger partial charge in [-0.2, -0.15) is 5.10 Å². The zero-order chi connectivity index (χ0) is 16.2. The SMILES string of the molecule is O=C(c1ccn(-c2cccc([N+](=O)[O-])c2)n1)N1CCCNCC1. The number of amides is 1. The van der Waals surface area contributed by atoms with E-state index >= 15 is 0 Å². The topological polar surface area (TPSA) is 93.3 Å². The van der Waals surface area contributed by atoms with Crippen molar-refractivity contribution in [3.63, 3.8) is 0 Å². The van der Waals surface area contributed by atoms with Gasteiger partial charge in [-0.25, -0.2) is 4.68 Å². The third-order valence-electron chi connectivity index (χ3n) is 3.74. The third kappa shape index (κ3) is 3.37. The molecule has 2 aromatic rings. The van der Waals surface area contributed by atoms with E-state index < -0.39 is 4.92 Å². The second-order valence-corrected chi connectivity index (χ2v) is 5.32. The van der Waals surface area contributed by atoms with Crippen molar-refractivity contribution in [3.05, 3.63) is 52.3 Å². The molecule has 1 aliphatic heterocycles. The average molecular weight is 315 g/mol. The number of hydrogen-bond donors (Lipinski definition) is 1. The van der Waals surface area contributed by atoms with Crippen LogP contribution in [0.3, 0.4) is 0 Å². The Morgan fingerprint density at radius 1 is 1.26 bits per heavy atom. The minimum absolute atomic E-state index is 0.00975. The van der Waals surface area contributed by atoms with Gasteiger partial charge in [0.25, 0.3) is 11.6 Å². The van der Waals surface area contributed by atoms with E-state index in [0.717, 1.165) is 19.5 Å². The van der Waals surface area contributed by atoms with Crippen molar-refractivity contribution in [2.45, 2.75) is 6.42 Å². The van der Waals surface area contributed by atoms with E-state index in [0.29, 0.717) is 24.5 Å². The largest absolute Gasteiger partial charge is 0.336 e. The van der Waals surface area contributed by atoms with Gasteiger partial charge in [0.05, 0.1) is 10.6 Å². The van der Waals surface area contributed by atoms with Crippen LogP contribution >= 0.6 is 0 Å². The molecular weight excluding hydrogens is 298 g/mol. The van der Waals surface area contributed by atoms with Crippen molar-refractivity contribution in [2.24, 2.45) is 0 Å². The van der Waals surface area contributed by atoms with Crippen molar-refractivity contribution in [1.29, 1.82) is 0 Å². The minimum atomic E-state index is -0.455. The van der Waals surface area contributed by atoms with Gasteiger partial charge in [-0.15, -0.1) is 0 Å². The van der Waals surface area contributed by atoms with Crippen molar-refractivity contribution < 1.29 is 9.72 Å². The number of nitro benzene ring substituents is 1. The molecule has 1 fully saturated rings. The predicted molar refractivity (Wildman–Crippen MR) is 83.6 cm³/mol. The second-order valence-electron chi connectivity index (χ2n) is 5.32. The van der Waals surface area contributed by atoms with E-state index in [2.05, 4.69) is 10.4 Å². The highest BCUT2D eigenvalue weighted by Gasteiger charge is 2.19. The van der Waals surface area contributed by atoms with Crippen LogP contribution in [0.1, 0.15) is 16.9 Å². The lowest BCUT2D eigenvalue weighted by Crippen LogP contribution is -2.34. The number of non-ortho nitro benzene ring substituents is 1. The Bertz CT molecular complexity index is 719. The number of aromatic nitrogens is 2. The quantitative estimate of drug-likeness (QED) is 0.679. The summed E-state index contributed by atoms with van der Waals surface area (Å²) in [6.45, 7) is 3.04. The molecule has 1 saturated heterocycles. The smallest absolute Gasteiger partial charge is 0.274 e. The van der Waals surface area contributed by atoms with Gasteiger partial charge in [-0.05, 0) is 25.1 Å². The molecule has 1 amide bonds. The van der Waals surface area contributed by atoms with Gasteiger partial charge in [0.2, 0.25) is 0 Å². The Morgan fingerprint density at radius 3 is 2.96 bits per heavy atom. The molecule has 0 atom stereocenters. The highest BCUT2D eigenvalue weighted by atomic mass is 16.6. The van der Waals surface area contributed by atoms with Gasteiger partial charge >= 0.3 is 0 Å². The third-order valence-corrected chi connectivity index (χ3v) is 3.74. The molecule has 0 unspecified atom stereocenters. The van der Waals surface area contributed by atoms with Gasteiger partial charge < -0.3 is 10.2 Å². The highest BCUT2D eigenvalue weighted by molar-refractivity contribution is 5.92. The lowest BCUT2D eigenvalue weighted by Gasteiger charge is -2.18. The zero-order valence-electron chi connectivity index (χ0n) is 12.5. The van der Waals surface area contributed by atoms with E-state index in [4.69, 9.17) is 0 Å². The average Bonchev–Trinajstić information content (AvgIpc) is 2.90. The summed E-state index contributed by atoms with van der Waals surface area (Å²) in [5.41, 5.74) is 0.888. The zero-order valence-corrected chi connectivity index (χ0v) is 12.5. The summed E-state index contributed by atoms with van der Waals surface area (Å²) in [5.74, 6) is -0.113. The maximum absolute atomic E-state index is 12.5. The summed E-state index contributed by atoms with van der Waals surface area (Å²) >= 11 is 0. The fourth-order valence-electron chi connectivity index (χ4n) is 2.54. The van der Waals surface area contributed by atoms with Crippen molar-refractivity contribution in [1.82, 2.24) is 20.0 Å². The van der Waals surface area contributed by atoms with Crippen molar-refractivity contribution >= 4 is 11.6 Å². The number of nitro groups is 1. The fourth-order valence-corrected chi connectivity index (χ4v) is 2.54. The molecule has 1 N–H and O–H groups in total. The Labute approximate surface area is 132 Å². The van der Waals surface area contributed by atoms with Crippen LogP contribution in [-0.4, -0.2) is 51.7 Å². The van der Waals surface area contributed by atoms with Crippen molar-refractivity contribution in [3.8, 4) is 5.69 Å². The van der Waals surface area contributed by atoms with Gasteiger partial charge in [0.15, 0.2) is 5.69 Å². The number of carbonyl (C=O) groups is 1. The predicted octanol–water partition coefficient (Wildman–Crippen LogP) is 1.22. The number of carbonyl (C=O) groups excluding carboxylic acids is 1. The molecule has 0 radical (unpaired) electrons. The fraction of sp³-hybridized carbons (Fsp3) is 0.333. The van der Waals surface area contributed by atoms with E-state index in [1.165, 1.54) is 16.8 Å². The maximum atomic E-state index is 12.5. The summed E-state index contributed by atoms with van der Waals surface area (Å²) in [6, 6.07) is 7.79. The van der Waals surface area contributed by atoms with Crippen LogP contribution in [0.25, 0.3) is 5.69 Å². The van der Waals surface area contributed by atoms with Crippen LogP contribution in [0, 0.1) is 10.1 Å². The monoisotopic (exact) mass is 315 g/mol. The van der Waals surface area contributed by atoms with E-state index in [1.807, 2.05) is 0 Å². The van der Waals surface area contributed by atoms with Gasteiger partial charge in [-0.1, -0.05) is 6.07 Å². The number of nitrogens with zero attached hydrogens (tertiary/aromatic N) is 4. The molecule has 0 saturated carbocycles. The van der Waals surface area contributed by atoms with Gasteiger partial charge in [0, 0.05) is 38.0 Å². The molecule has 1 aromatic carbocycles. The van der Waals surface area contributed by atoms with Crippen LogP contribution in [0.5, 0.6) is 0 Å². The lowest BCUT2D eigenvalue weighted by molar-refractivity contribution is -0.384. The Kier molecular flexibility index (Phi) is 4.33. The van der Waals surface area contributed by atoms with Gasteiger partial charge in [0.1, 0.15) is 0 Å². The van der Waals surface area contributed by atoms with Crippen LogP contribution in [0.2, 0.25) is 0 Å². The van der Waals surface area contributed by atoms with E-state index in [1.54, 1.807) is 29.3 Å². The summed E-state index contributed by atoms with van der Waals surface area (Å²) in [4.78, 5) is 24.7. The summed E-state index contributed by atoms with van der Waals surface area (Å²) < 4.78 is 1.48. The molecule has 0 aliphatic carbocycles.